The van der Waals surface area contributed by atoms with E-state index in [9.17, 15) is 0 Å². The first-order chi connectivity index (χ1) is 9.54. The van der Waals surface area contributed by atoms with Crippen LogP contribution in [0, 0.1) is 11.8 Å². The van der Waals surface area contributed by atoms with E-state index in [1.165, 1.54) is 44.1 Å². The molecule has 1 fully saturated rings. The summed E-state index contributed by atoms with van der Waals surface area (Å²) in [6.45, 7) is 7.97. The standard InChI is InChI=1S/C19H31N/c1-19(2,3)20-15-18(17-12-8-5-9-13-17)14-16-10-6-4-7-11-16/h4,6-7,10-11,17-18,20H,5,8-9,12-15H2,1-3H3. The first kappa shape index (κ1) is 15.6. The van der Waals surface area contributed by atoms with Gasteiger partial charge >= 0.3 is 0 Å². The molecule has 112 valence electrons. The highest BCUT2D eigenvalue weighted by Crippen LogP contribution is 2.32. The second-order valence-corrected chi connectivity index (χ2v) is 7.48. The van der Waals surface area contributed by atoms with Crippen molar-refractivity contribution in [3.8, 4) is 0 Å². The summed E-state index contributed by atoms with van der Waals surface area (Å²) in [5.41, 5.74) is 1.72. The molecule has 1 heteroatoms. The van der Waals surface area contributed by atoms with E-state index in [2.05, 4.69) is 56.4 Å². The van der Waals surface area contributed by atoms with Gasteiger partial charge in [-0.3, -0.25) is 0 Å². The fourth-order valence-electron chi connectivity index (χ4n) is 3.37. The Hall–Kier alpha value is -0.820. The second kappa shape index (κ2) is 7.26. The molecular formula is C19H31N. The monoisotopic (exact) mass is 273 g/mol. The summed E-state index contributed by atoms with van der Waals surface area (Å²) in [6.07, 6.45) is 8.42. The van der Waals surface area contributed by atoms with Crippen LogP contribution >= 0.6 is 0 Å². The SMILES string of the molecule is CC(C)(C)NCC(Cc1ccccc1)C1CCCCC1. The molecule has 1 aliphatic carbocycles. The molecule has 0 aliphatic heterocycles. The lowest BCUT2D eigenvalue weighted by molar-refractivity contribution is 0.225. The summed E-state index contributed by atoms with van der Waals surface area (Å²) < 4.78 is 0. The highest BCUT2D eigenvalue weighted by Gasteiger charge is 2.25. The minimum atomic E-state index is 0.226. The predicted octanol–water partition coefficient (Wildman–Crippen LogP) is 4.81. The Balaban J connectivity index is 1.99. The van der Waals surface area contributed by atoms with Gasteiger partial charge in [0.25, 0.3) is 0 Å². The normalized spacial score (nSPS) is 18.9. The summed E-state index contributed by atoms with van der Waals surface area (Å²) in [5, 5.41) is 3.74. The summed E-state index contributed by atoms with van der Waals surface area (Å²) in [7, 11) is 0. The summed E-state index contributed by atoms with van der Waals surface area (Å²) in [6, 6.07) is 11.0. The van der Waals surface area contributed by atoms with Crippen molar-refractivity contribution in [3.63, 3.8) is 0 Å². The van der Waals surface area contributed by atoms with Crippen LogP contribution in [0.2, 0.25) is 0 Å². The fraction of sp³-hybridized carbons (Fsp3) is 0.684. The van der Waals surface area contributed by atoms with E-state index in [0.29, 0.717) is 0 Å². The zero-order valence-corrected chi connectivity index (χ0v) is 13.5. The quantitative estimate of drug-likeness (QED) is 0.811. The van der Waals surface area contributed by atoms with Crippen molar-refractivity contribution in [1.29, 1.82) is 0 Å². The number of nitrogens with one attached hydrogen (secondary N) is 1. The average Bonchev–Trinajstić information content (AvgIpc) is 2.44. The van der Waals surface area contributed by atoms with Crippen LogP contribution in [-0.4, -0.2) is 12.1 Å². The number of benzene rings is 1. The first-order valence-electron chi connectivity index (χ1n) is 8.33. The van der Waals surface area contributed by atoms with Crippen LogP contribution in [0.3, 0.4) is 0 Å². The highest BCUT2D eigenvalue weighted by atomic mass is 14.9. The molecule has 1 nitrogen and oxygen atoms in total. The number of hydrogen-bond acceptors (Lipinski definition) is 1. The van der Waals surface area contributed by atoms with Gasteiger partial charge in [0.15, 0.2) is 0 Å². The van der Waals surface area contributed by atoms with Gasteiger partial charge in [-0.25, -0.2) is 0 Å². The Morgan fingerprint density at radius 1 is 1.05 bits per heavy atom. The summed E-state index contributed by atoms with van der Waals surface area (Å²) >= 11 is 0. The molecular weight excluding hydrogens is 242 g/mol. The summed E-state index contributed by atoms with van der Waals surface area (Å²) in [4.78, 5) is 0. The van der Waals surface area contributed by atoms with Crippen molar-refractivity contribution in [2.24, 2.45) is 11.8 Å². The van der Waals surface area contributed by atoms with Gasteiger partial charge < -0.3 is 5.32 Å². The molecule has 0 heterocycles. The third-order valence-corrected chi connectivity index (χ3v) is 4.55. The maximum absolute atomic E-state index is 3.74. The third kappa shape index (κ3) is 5.28. The van der Waals surface area contributed by atoms with E-state index in [-0.39, 0.29) is 5.54 Å². The minimum Gasteiger partial charge on any atom is -0.312 e. The van der Waals surface area contributed by atoms with Crippen LogP contribution in [0.25, 0.3) is 0 Å². The van der Waals surface area contributed by atoms with Crippen LogP contribution in [0.5, 0.6) is 0 Å². The van der Waals surface area contributed by atoms with Crippen LogP contribution in [0.1, 0.15) is 58.4 Å². The molecule has 0 radical (unpaired) electrons. The lowest BCUT2D eigenvalue weighted by atomic mass is 9.77. The van der Waals surface area contributed by atoms with Crippen molar-refractivity contribution in [3.05, 3.63) is 35.9 Å². The molecule has 2 rings (SSSR count). The number of hydrogen-bond donors (Lipinski definition) is 1. The van der Waals surface area contributed by atoms with Crippen molar-refractivity contribution in [2.45, 2.75) is 64.8 Å². The van der Waals surface area contributed by atoms with Crippen molar-refractivity contribution in [1.82, 2.24) is 5.32 Å². The van der Waals surface area contributed by atoms with E-state index in [0.717, 1.165) is 18.4 Å². The molecule has 1 N–H and O–H groups in total. The van der Waals surface area contributed by atoms with Gasteiger partial charge in [0.05, 0.1) is 0 Å². The first-order valence-corrected chi connectivity index (χ1v) is 8.33. The maximum Gasteiger partial charge on any atom is 0.00966 e. The molecule has 0 amide bonds. The smallest absolute Gasteiger partial charge is 0.00966 e. The van der Waals surface area contributed by atoms with E-state index in [4.69, 9.17) is 0 Å². The van der Waals surface area contributed by atoms with Crippen LogP contribution < -0.4 is 5.32 Å². The lowest BCUT2D eigenvalue weighted by Crippen LogP contribution is -2.41. The van der Waals surface area contributed by atoms with E-state index >= 15 is 0 Å². The molecule has 0 saturated heterocycles. The van der Waals surface area contributed by atoms with E-state index < -0.39 is 0 Å². The topological polar surface area (TPSA) is 12.0 Å². The van der Waals surface area contributed by atoms with Crippen molar-refractivity contribution in [2.75, 3.05) is 6.54 Å². The minimum absolute atomic E-state index is 0.226. The van der Waals surface area contributed by atoms with E-state index in [1.54, 1.807) is 0 Å². The van der Waals surface area contributed by atoms with Gasteiger partial charge in [-0.15, -0.1) is 0 Å². The Morgan fingerprint density at radius 3 is 2.30 bits per heavy atom. The molecule has 1 aromatic rings. The zero-order chi connectivity index (χ0) is 14.4. The Labute approximate surface area is 125 Å². The molecule has 1 unspecified atom stereocenters. The van der Waals surface area contributed by atoms with Gasteiger partial charge in [-0.05, 0) is 51.1 Å². The van der Waals surface area contributed by atoms with Crippen LogP contribution in [0.15, 0.2) is 30.3 Å². The average molecular weight is 273 g/mol. The van der Waals surface area contributed by atoms with Gasteiger partial charge in [0.1, 0.15) is 0 Å². The Kier molecular flexibility index (Phi) is 5.65. The molecule has 1 saturated carbocycles. The zero-order valence-electron chi connectivity index (χ0n) is 13.5. The molecule has 1 atom stereocenters. The van der Waals surface area contributed by atoms with E-state index in [1.807, 2.05) is 0 Å². The molecule has 0 aromatic heterocycles. The van der Waals surface area contributed by atoms with Crippen molar-refractivity contribution < 1.29 is 0 Å². The Bertz CT molecular complexity index is 371. The molecule has 0 spiro atoms. The largest absolute Gasteiger partial charge is 0.312 e. The Morgan fingerprint density at radius 2 is 1.70 bits per heavy atom. The highest BCUT2D eigenvalue weighted by molar-refractivity contribution is 5.15. The lowest BCUT2D eigenvalue weighted by Gasteiger charge is -2.33. The fourth-order valence-corrected chi connectivity index (χ4v) is 3.37. The molecule has 0 bridgehead atoms. The van der Waals surface area contributed by atoms with Crippen molar-refractivity contribution >= 4 is 0 Å². The number of rotatable bonds is 5. The third-order valence-electron chi connectivity index (χ3n) is 4.55. The molecule has 1 aliphatic rings. The van der Waals surface area contributed by atoms with Gasteiger partial charge in [0, 0.05) is 5.54 Å². The molecule has 1 aromatic carbocycles. The predicted molar refractivity (Wildman–Crippen MR) is 88.0 cm³/mol. The van der Waals surface area contributed by atoms with Gasteiger partial charge in [-0.2, -0.15) is 0 Å². The maximum atomic E-state index is 3.74. The van der Waals surface area contributed by atoms with Crippen LogP contribution in [0.4, 0.5) is 0 Å². The summed E-state index contributed by atoms with van der Waals surface area (Å²) in [5.74, 6) is 1.70. The van der Waals surface area contributed by atoms with Gasteiger partial charge in [0.2, 0.25) is 0 Å². The second-order valence-electron chi connectivity index (χ2n) is 7.48. The van der Waals surface area contributed by atoms with Crippen LogP contribution in [-0.2, 0) is 6.42 Å². The molecule has 20 heavy (non-hydrogen) atoms. The van der Waals surface area contributed by atoms with Gasteiger partial charge in [-0.1, -0.05) is 62.4 Å².